The van der Waals surface area contributed by atoms with E-state index in [1.807, 2.05) is 0 Å². The molecular weight excluding hydrogens is 276 g/mol. The summed E-state index contributed by atoms with van der Waals surface area (Å²) in [6.07, 6.45) is 0.819. The Balaban J connectivity index is 0.00000225. The van der Waals surface area contributed by atoms with Crippen molar-refractivity contribution in [3.63, 3.8) is 0 Å². The molecule has 0 aromatic heterocycles. The molecule has 6 heteroatoms. The molecule has 0 unspecified atom stereocenters. The van der Waals surface area contributed by atoms with E-state index < -0.39 is 5.97 Å². The third kappa shape index (κ3) is 4.56. The molecule has 0 atom stereocenters. The summed E-state index contributed by atoms with van der Waals surface area (Å²) in [4.78, 5) is 10.4. The standard InChI is InChI=1S/C10H5Cl2NO2.K.H/c11-8-2-1-6(3-9(8)12)7(5-13)4-10(14)15;;/h1-4H,(H,14,15);;/b7-4+;;. The van der Waals surface area contributed by atoms with E-state index in [4.69, 9.17) is 33.6 Å². The number of carbonyl (C=O) groups is 1. The summed E-state index contributed by atoms with van der Waals surface area (Å²) in [5, 5.41) is 17.9. The van der Waals surface area contributed by atoms with Crippen molar-refractivity contribution in [1.82, 2.24) is 0 Å². The van der Waals surface area contributed by atoms with Gasteiger partial charge in [0.2, 0.25) is 0 Å². The Bertz CT molecular complexity index is 480. The topological polar surface area (TPSA) is 61.1 Å². The van der Waals surface area contributed by atoms with Crippen molar-refractivity contribution in [2.24, 2.45) is 0 Å². The van der Waals surface area contributed by atoms with E-state index >= 15 is 0 Å². The van der Waals surface area contributed by atoms with Gasteiger partial charge >= 0.3 is 57.4 Å². The van der Waals surface area contributed by atoms with Gasteiger partial charge in [0, 0.05) is 6.08 Å². The Morgan fingerprint density at radius 3 is 2.44 bits per heavy atom. The van der Waals surface area contributed by atoms with Crippen molar-refractivity contribution in [3.8, 4) is 6.07 Å². The summed E-state index contributed by atoms with van der Waals surface area (Å²) in [6, 6.07) is 6.26. The molecule has 0 aliphatic rings. The van der Waals surface area contributed by atoms with Gasteiger partial charge in [-0.1, -0.05) is 29.3 Å². The van der Waals surface area contributed by atoms with E-state index in [0.717, 1.165) is 6.08 Å². The molecule has 0 saturated heterocycles. The predicted molar refractivity (Wildman–Crippen MR) is 64.8 cm³/mol. The number of aliphatic carboxylic acids is 1. The third-order valence-electron chi connectivity index (χ3n) is 1.62. The van der Waals surface area contributed by atoms with E-state index in [0.29, 0.717) is 10.6 Å². The van der Waals surface area contributed by atoms with Crippen LogP contribution in [-0.2, 0) is 4.79 Å². The molecule has 0 bridgehead atoms. The van der Waals surface area contributed by atoms with E-state index in [2.05, 4.69) is 0 Å². The van der Waals surface area contributed by atoms with Crippen molar-refractivity contribution in [2.45, 2.75) is 0 Å². The summed E-state index contributed by atoms with van der Waals surface area (Å²) >= 11 is 11.4. The van der Waals surface area contributed by atoms with Gasteiger partial charge in [-0.15, -0.1) is 0 Å². The number of hydrogen-bond donors (Lipinski definition) is 1. The summed E-state index contributed by atoms with van der Waals surface area (Å²) < 4.78 is 0. The van der Waals surface area contributed by atoms with Crippen molar-refractivity contribution < 1.29 is 9.90 Å². The summed E-state index contributed by atoms with van der Waals surface area (Å²) in [5.41, 5.74) is 0.454. The molecule has 0 aliphatic carbocycles. The maximum absolute atomic E-state index is 10.4. The SMILES string of the molecule is N#C/C(=C\C(=O)O)c1ccc(Cl)c(Cl)c1.[KH]. The Hall–Kier alpha value is 0.136. The second kappa shape index (κ2) is 7.46. The van der Waals surface area contributed by atoms with Gasteiger partial charge in [-0.25, -0.2) is 4.79 Å². The molecule has 1 aromatic carbocycles. The van der Waals surface area contributed by atoms with Crippen LogP contribution in [0.15, 0.2) is 24.3 Å². The molecular formula is C10H6Cl2KNO2. The first-order chi connectivity index (χ1) is 7.04. The maximum atomic E-state index is 10.4. The predicted octanol–water partition coefficient (Wildman–Crippen LogP) is 2.34. The van der Waals surface area contributed by atoms with Crippen LogP contribution in [0.4, 0.5) is 0 Å². The normalized spacial score (nSPS) is 10.2. The Morgan fingerprint density at radius 2 is 2.00 bits per heavy atom. The van der Waals surface area contributed by atoms with E-state index in [1.165, 1.54) is 18.2 Å². The molecule has 0 saturated carbocycles. The number of benzene rings is 1. The molecule has 1 N–H and O–H groups in total. The van der Waals surface area contributed by atoms with Crippen LogP contribution in [0.25, 0.3) is 5.57 Å². The van der Waals surface area contributed by atoms with E-state index in [9.17, 15) is 4.79 Å². The van der Waals surface area contributed by atoms with Crippen molar-refractivity contribution >= 4 is 86.1 Å². The van der Waals surface area contributed by atoms with Crippen molar-refractivity contribution in [3.05, 3.63) is 39.9 Å². The van der Waals surface area contributed by atoms with Crippen LogP contribution in [0.5, 0.6) is 0 Å². The van der Waals surface area contributed by atoms with Gasteiger partial charge in [-0.05, 0) is 17.7 Å². The summed E-state index contributed by atoms with van der Waals surface area (Å²) in [7, 11) is 0. The number of halogens is 2. The van der Waals surface area contributed by atoms with Gasteiger partial charge in [-0.3, -0.25) is 0 Å². The van der Waals surface area contributed by atoms with Gasteiger partial charge in [0.1, 0.15) is 6.07 Å². The molecule has 1 aromatic rings. The molecule has 0 amide bonds. The fraction of sp³-hybridized carbons (Fsp3) is 0. The van der Waals surface area contributed by atoms with Gasteiger partial charge < -0.3 is 5.11 Å². The number of hydrogen-bond acceptors (Lipinski definition) is 2. The molecule has 0 spiro atoms. The van der Waals surface area contributed by atoms with Crippen LogP contribution in [0.2, 0.25) is 10.0 Å². The van der Waals surface area contributed by atoms with Gasteiger partial charge in [0.25, 0.3) is 0 Å². The monoisotopic (exact) mass is 281 g/mol. The number of nitrogens with zero attached hydrogens (tertiary/aromatic N) is 1. The fourth-order valence-electron chi connectivity index (χ4n) is 0.967. The van der Waals surface area contributed by atoms with Crippen molar-refractivity contribution in [2.75, 3.05) is 0 Å². The zero-order valence-electron chi connectivity index (χ0n) is 7.37. The number of allylic oxidation sites excluding steroid dienone is 1. The number of nitriles is 1. The summed E-state index contributed by atoms with van der Waals surface area (Å²) in [6.45, 7) is 0. The average molecular weight is 282 g/mol. The minimum absolute atomic E-state index is 0. The first-order valence-corrected chi connectivity index (χ1v) is 4.60. The second-order valence-corrected chi connectivity index (χ2v) is 3.45. The molecule has 0 aliphatic heterocycles. The zero-order chi connectivity index (χ0) is 11.4. The molecule has 0 radical (unpaired) electrons. The molecule has 0 fully saturated rings. The number of carboxylic acids is 1. The van der Waals surface area contributed by atoms with Gasteiger partial charge in [0.15, 0.2) is 0 Å². The van der Waals surface area contributed by atoms with E-state index in [-0.39, 0.29) is 62.0 Å². The third-order valence-corrected chi connectivity index (χ3v) is 2.36. The molecule has 0 heterocycles. The second-order valence-electron chi connectivity index (χ2n) is 2.64. The first-order valence-electron chi connectivity index (χ1n) is 3.84. The van der Waals surface area contributed by atoms with Crippen molar-refractivity contribution in [1.29, 1.82) is 5.26 Å². The van der Waals surface area contributed by atoms with E-state index in [1.54, 1.807) is 6.07 Å². The number of rotatable bonds is 2. The average Bonchev–Trinajstić information content (AvgIpc) is 2.18. The minimum atomic E-state index is -1.18. The Labute approximate surface area is 145 Å². The Morgan fingerprint density at radius 1 is 1.38 bits per heavy atom. The fourth-order valence-corrected chi connectivity index (χ4v) is 1.27. The van der Waals surface area contributed by atoms with Crippen LogP contribution < -0.4 is 0 Å². The summed E-state index contributed by atoms with van der Waals surface area (Å²) in [5.74, 6) is -1.18. The van der Waals surface area contributed by atoms with Gasteiger partial charge in [0.05, 0.1) is 15.6 Å². The molecule has 16 heavy (non-hydrogen) atoms. The zero-order valence-corrected chi connectivity index (χ0v) is 8.88. The molecule has 78 valence electrons. The van der Waals surface area contributed by atoms with Crippen LogP contribution in [0.1, 0.15) is 5.56 Å². The molecule has 1 rings (SSSR count). The first kappa shape index (κ1) is 16.1. The quantitative estimate of drug-likeness (QED) is 0.514. The number of carboxylic acid groups (broad SMARTS) is 1. The van der Waals surface area contributed by atoms with Crippen LogP contribution in [0.3, 0.4) is 0 Å². The van der Waals surface area contributed by atoms with Gasteiger partial charge in [-0.2, -0.15) is 5.26 Å². The van der Waals surface area contributed by atoms with Crippen LogP contribution >= 0.6 is 23.2 Å². The van der Waals surface area contributed by atoms with Crippen LogP contribution in [0, 0.1) is 11.3 Å². The van der Waals surface area contributed by atoms with Crippen LogP contribution in [-0.4, -0.2) is 62.5 Å². The molecule has 3 nitrogen and oxygen atoms in total. The Kier molecular flexibility index (Phi) is 7.52.